The van der Waals surface area contributed by atoms with Gasteiger partial charge in [0, 0.05) is 0 Å². The minimum Gasteiger partial charge on any atom is -0.394 e. The van der Waals surface area contributed by atoms with Crippen LogP contribution in [0.5, 0.6) is 0 Å². The molecule has 2 aromatic heterocycles. The average molecular weight is 299 g/mol. The smallest absolute Gasteiger partial charge is 0.181 e. The van der Waals surface area contributed by atoms with Gasteiger partial charge in [-0.05, 0) is 11.9 Å². The molecule has 2 aromatic rings. The maximum absolute atomic E-state index is 10.00. The number of rotatable bonds is 3. The first-order chi connectivity index (χ1) is 9.67. The Kier molecular flexibility index (Phi) is 3.58. The lowest BCUT2D eigenvalue weighted by Crippen LogP contribution is -2.33. The second kappa shape index (κ2) is 5.24. The number of aliphatic hydroxyl groups excluding tert-OH is 3. The van der Waals surface area contributed by atoms with E-state index in [1.165, 1.54) is 17.2 Å². The summed E-state index contributed by atoms with van der Waals surface area (Å²) in [6, 6.07) is 0. The summed E-state index contributed by atoms with van der Waals surface area (Å²) in [5.74, 6) is 0. The van der Waals surface area contributed by atoms with Crippen molar-refractivity contribution in [3.63, 3.8) is 0 Å². The van der Waals surface area contributed by atoms with Crippen molar-refractivity contribution >= 4 is 23.0 Å². The van der Waals surface area contributed by atoms with E-state index in [0.29, 0.717) is 16.1 Å². The van der Waals surface area contributed by atoms with Crippen molar-refractivity contribution in [2.24, 2.45) is 5.14 Å². The van der Waals surface area contributed by atoms with Gasteiger partial charge in [0.05, 0.1) is 18.2 Å². The van der Waals surface area contributed by atoms with Crippen molar-refractivity contribution in [3.8, 4) is 0 Å². The molecule has 3 heterocycles. The molecule has 108 valence electrons. The lowest BCUT2D eigenvalue weighted by molar-refractivity contribution is -0.0566. The summed E-state index contributed by atoms with van der Waals surface area (Å²) in [6.45, 7) is -0.396. The quantitative estimate of drug-likeness (QED) is 0.390. The summed E-state index contributed by atoms with van der Waals surface area (Å²) >= 11 is 0.963. The third kappa shape index (κ3) is 1.97. The van der Waals surface area contributed by atoms with Crippen LogP contribution in [0.15, 0.2) is 17.6 Å². The minimum absolute atomic E-state index is 0.396. The molecule has 4 atom stereocenters. The first-order valence-electron chi connectivity index (χ1n) is 5.84. The van der Waals surface area contributed by atoms with Crippen LogP contribution in [0.2, 0.25) is 0 Å². The Morgan fingerprint density at radius 2 is 2.15 bits per heavy atom. The lowest BCUT2D eigenvalue weighted by Gasteiger charge is -2.15. The molecular formula is C10H13N5O4S. The summed E-state index contributed by atoms with van der Waals surface area (Å²) in [5.41, 5.74) is 0.433. The van der Waals surface area contributed by atoms with Gasteiger partial charge in [0.15, 0.2) is 11.9 Å². The average Bonchev–Trinajstić information content (AvgIpc) is 3.01. The van der Waals surface area contributed by atoms with Crippen LogP contribution in [0, 0.1) is 0 Å². The zero-order valence-corrected chi connectivity index (χ0v) is 11.0. The Labute approximate surface area is 117 Å². The molecule has 0 amide bonds. The number of nitrogens with two attached hydrogens (primary N) is 1. The van der Waals surface area contributed by atoms with Gasteiger partial charge in [-0.3, -0.25) is 5.14 Å². The number of fused-ring (bicyclic) bond motifs is 1. The van der Waals surface area contributed by atoms with Crippen molar-refractivity contribution in [2.75, 3.05) is 6.61 Å². The normalized spacial score (nSPS) is 30.2. The molecule has 1 unspecified atom stereocenters. The number of hydrogen-bond acceptors (Lipinski definition) is 9. The first kappa shape index (κ1) is 13.7. The molecule has 1 aliphatic rings. The van der Waals surface area contributed by atoms with E-state index in [1.54, 1.807) is 0 Å². The fourth-order valence-electron chi connectivity index (χ4n) is 2.20. The molecule has 0 aromatic carbocycles. The van der Waals surface area contributed by atoms with E-state index >= 15 is 0 Å². The van der Waals surface area contributed by atoms with Gasteiger partial charge in [0.25, 0.3) is 0 Å². The van der Waals surface area contributed by atoms with Gasteiger partial charge in [-0.25, -0.2) is 14.6 Å². The van der Waals surface area contributed by atoms with Gasteiger partial charge in [-0.1, -0.05) is 0 Å². The highest BCUT2D eigenvalue weighted by Gasteiger charge is 2.44. The summed E-state index contributed by atoms with van der Waals surface area (Å²) in [7, 11) is 0. The van der Waals surface area contributed by atoms with Gasteiger partial charge in [-0.15, -0.1) is 0 Å². The standard InChI is InChI=1S/C10H13N5O4S/c11-20-9-4-1-14-15(8(4)12-3-13-9)10-7(18)6(17)5(2-16)19-10/h1,3,5-7,10,16-18H,2,11H2/t5-,6-,7-,10?/m1/s1. The second-order valence-corrected chi connectivity index (χ2v) is 4.97. The van der Waals surface area contributed by atoms with Gasteiger partial charge in [-0.2, -0.15) is 5.10 Å². The Bertz CT molecular complexity index is 623. The van der Waals surface area contributed by atoms with Gasteiger partial charge in [0.1, 0.15) is 29.7 Å². The van der Waals surface area contributed by atoms with E-state index in [-0.39, 0.29) is 0 Å². The molecule has 20 heavy (non-hydrogen) atoms. The first-order valence-corrected chi connectivity index (χ1v) is 6.72. The topological polar surface area (TPSA) is 140 Å². The molecule has 1 fully saturated rings. The molecule has 0 radical (unpaired) electrons. The summed E-state index contributed by atoms with van der Waals surface area (Å²) in [4.78, 5) is 8.10. The largest absolute Gasteiger partial charge is 0.394 e. The molecule has 5 N–H and O–H groups in total. The zero-order valence-electron chi connectivity index (χ0n) is 10.2. The SMILES string of the molecule is NSc1ncnc2c1cnn2C1O[C@H](CO)[C@@H](O)[C@H]1O. The number of aromatic nitrogens is 4. The molecule has 0 saturated carbocycles. The summed E-state index contributed by atoms with van der Waals surface area (Å²) in [5, 5.41) is 39.6. The Balaban J connectivity index is 2.03. The number of nitrogens with zero attached hydrogens (tertiary/aromatic N) is 4. The fourth-order valence-corrected chi connectivity index (χ4v) is 2.58. The molecule has 3 rings (SSSR count). The van der Waals surface area contributed by atoms with Crippen LogP contribution in [0.25, 0.3) is 11.0 Å². The van der Waals surface area contributed by atoms with E-state index in [4.69, 9.17) is 15.0 Å². The maximum Gasteiger partial charge on any atom is 0.181 e. The molecule has 0 aliphatic carbocycles. The summed E-state index contributed by atoms with van der Waals surface area (Å²) < 4.78 is 6.76. The number of hydrogen-bond donors (Lipinski definition) is 4. The van der Waals surface area contributed by atoms with E-state index in [9.17, 15) is 10.2 Å². The van der Waals surface area contributed by atoms with E-state index < -0.39 is 31.1 Å². The Hall–Kier alpha value is -1.30. The highest BCUT2D eigenvalue weighted by Crippen LogP contribution is 2.31. The maximum atomic E-state index is 10.00. The third-order valence-electron chi connectivity index (χ3n) is 3.22. The molecule has 1 aliphatic heterocycles. The Morgan fingerprint density at radius 3 is 2.80 bits per heavy atom. The van der Waals surface area contributed by atoms with Crippen LogP contribution in [-0.2, 0) is 4.74 Å². The van der Waals surface area contributed by atoms with Crippen molar-refractivity contribution in [1.82, 2.24) is 19.7 Å². The van der Waals surface area contributed by atoms with Crippen LogP contribution in [-0.4, -0.2) is 60.0 Å². The van der Waals surface area contributed by atoms with E-state index in [2.05, 4.69) is 15.1 Å². The van der Waals surface area contributed by atoms with Crippen LogP contribution in [0.1, 0.15) is 6.23 Å². The third-order valence-corrected chi connectivity index (χ3v) is 3.77. The highest BCUT2D eigenvalue weighted by molar-refractivity contribution is 7.97. The van der Waals surface area contributed by atoms with Crippen molar-refractivity contribution in [3.05, 3.63) is 12.5 Å². The van der Waals surface area contributed by atoms with E-state index in [1.807, 2.05) is 0 Å². The highest BCUT2D eigenvalue weighted by atomic mass is 32.2. The lowest BCUT2D eigenvalue weighted by atomic mass is 10.1. The number of ether oxygens (including phenoxy) is 1. The molecule has 10 heteroatoms. The van der Waals surface area contributed by atoms with Gasteiger partial charge in [0.2, 0.25) is 0 Å². The molecule has 0 bridgehead atoms. The zero-order chi connectivity index (χ0) is 14.3. The van der Waals surface area contributed by atoms with Crippen molar-refractivity contribution in [2.45, 2.75) is 29.6 Å². The van der Waals surface area contributed by atoms with Gasteiger partial charge < -0.3 is 20.1 Å². The predicted octanol–water partition coefficient (Wildman–Crippen LogP) is -1.60. The number of aliphatic hydroxyl groups is 3. The summed E-state index contributed by atoms with van der Waals surface area (Å²) in [6.07, 6.45) is -1.34. The van der Waals surface area contributed by atoms with Crippen molar-refractivity contribution < 1.29 is 20.1 Å². The predicted molar refractivity (Wildman–Crippen MR) is 68.4 cm³/mol. The minimum atomic E-state index is -1.21. The fraction of sp³-hybridized carbons (Fsp3) is 0.500. The molecule has 0 spiro atoms. The van der Waals surface area contributed by atoms with Crippen LogP contribution in [0.3, 0.4) is 0 Å². The van der Waals surface area contributed by atoms with Crippen LogP contribution in [0.4, 0.5) is 0 Å². The Morgan fingerprint density at radius 1 is 1.35 bits per heavy atom. The van der Waals surface area contributed by atoms with Gasteiger partial charge >= 0.3 is 0 Å². The molecule has 1 saturated heterocycles. The van der Waals surface area contributed by atoms with Crippen molar-refractivity contribution in [1.29, 1.82) is 0 Å². The van der Waals surface area contributed by atoms with Crippen LogP contribution >= 0.6 is 11.9 Å². The van der Waals surface area contributed by atoms with Crippen LogP contribution < -0.4 is 5.14 Å². The molecular weight excluding hydrogens is 286 g/mol. The van der Waals surface area contributed by atoms with E-state index in [0.717, 1.165) is 11.9 Å². The monoisotopic (exact) mass is 299 g/mol. The second-order valence-electron chi connectivity index (χ2n) is 4.35. The molecule has 9 nitrogen and oxygen atoms in total.